The van der Waals surface area contributed by atoms with Crippen LogP contribution in [0.3, 0.4) is 0 Å². The van der Waals surface area contributed by atoms with Crippen molar-refractivity contribution in [2.45, 2.75) is 33.3 Å². The third-order valence-corrected chi connectivity index (χ3v) is 6.37. The van der Waals surface area contributed by atoms with Gasteiger partial charge in [0.15, 0.2) is 0 Å². The zero-order chi connectivity index (χ0) is 23.3. The maximum absolute atomic E-state index is 14.9. The molecule has 32 heavy (non-hydrogen) atoms. The van der Waals surface area contributed by atoms with Crippen molar-refractivity contribution in [3.63, 3.8) is 0 Å². The zero-order valence-electron chi connectivity index (χ0n) is 18.8. The SMILES string of the molecule is CCOC(=O)N1CCN(c2ccc(N3C[C@H](CNC(=S)C(C)CC)OC3=O)cc2F)CC1. The quantitative estimate of drug-likeness (QED) is 0.618. The average molecular weight is 467 g/mol. The van der Waals surface area contributed by atoms with Gasteiger partial charge in [-0.3, -0.25) is 4.90 Å². The highest BCUT2D eigenvalue weighted by molar-refractivity contribution is 7.80. The summed E-state index contributed by atoms with van der Waals surface area (Å²) in [5, 5.41) is 3.16. The molecule has 0 bridgehead atoms. The van der Waals surface area contributed by atoms with Crippen molar-refractivity contribution in [2.24, 2.45) is 5.92 Å². The number of ether oxygens (including phenoxy) is 2. The highest BCUT2D eigenvalue weighted by Gasteiger charge is 2.33. The molecule has 0 spiro atoms. The fraction of sp³-hybridized carbons (Fsp3) is 0.591. The summed E-state index contributed by atoms with van der Waals surface area (Å²) < 4.78 is 25.3. The van der Waals surface area contributed by atoms with Crippen molar-refractivity contribution in [3.05, 3.63) is 24.0 Å². The molecule has 2 amide bonds. The summed E-state index contributed by atoms with van der Waals surface area (Å²) >= 11 is 5.34. The molecule has 0 aliphatic carbocycles. The molecule has 1 unspecified atom stereocenters. The van der Waals surface area contributed by atoms with Gasteiger partial charge >= 0.3 is 12.2 Å². The Hall–Kier alpha value is -2.62. The first-order valence-electron chi connectivity index (χ1n) is 11.1. The van der Waals surface area contributed by atoms with Crippen molar-refractivity contribution in [2.75, 3.05) is 55.7 Å². The molecule has 2 atom stereocenters. The monoisotopic (exact) mass is 466 g/mol. The third kappa shape index (κ3) is 5.59. The van der Waals surface area contributed by atoms with Gasteiger partial charge in [-0.2, -0.15) is 0 Å². The topological polar surface area (TPSA) is 74.3 Å². The Morgan fingerprint density at radius 1 is 1.31 bits per heavy atom. The Balaban J connectivity index is 1.58. The fourth-order valence-electron chi connectivity index (χ4n) is 3.68. The fourth-order valence-corrected chi connectivity index (χ4v) is 3.93. The molecular weight excluding hydrogens is 435 g/mol. The molecule has 0 radical (unpaired) electrons. The molecule has 8 nitrogen and oxygen atoms in total. The molecule has 1 N–H and O–H groups in total. The zero-order valence-corrected chi connectivity index (χ0v) is 19.6. The second-order valence-electron chi connectivity index (χ2n) is 7.98. The van der Waals surface area contributed by atoms with E-state index in [1.165, 1.54) is 11.0 Å². The van der Waals surface area contributed by atoms with Gasteiger partial charge in [-0.15, -0.1) is 0 Å². The number of nitrogens with zero attached hydrogens (tertiary/aromatic N) is 3. The Kier molecular flexibility index (Phi) is 8.11. The predicted molar refractivity (Wildman–Crippen MR) is 125 cm³/mol. The number of rotatable bonds is 7. The number of anilines is 2. The molecule has 2 heterocycles. The smallest absolute Gasteiger partial charge is 0.414 e. The summed E-state index contributed by atoms with van der Waals surface area (Å²) in [6.45, 7) is 8.89. The number of benzene rings is 1. The first kappa shape index (κ1) is 24.0. The normalized spacial score (nSPS) is 19.6. The van der Waals surface area contributed by atoms with E-state index in [9.17, 15) is 14.0 Å². The van der Waals surface area contributed by atoms with Gasteiger partial charge in [-0.25, -0.2) is 14.0 Å². The summed E-state index contributed by atoms with van der Waals surface area (Å²) in [5.41, 5.74) is 0.898. The van der Waals surface area contributed by atoms with Crippen molar-refractivity contribution in [1.29, 1.82) is 0 Å². The molecule has 1 aromatic rings. The van der Waals surface area contributed by atoms with Crippen LogP contribution in [0.15, 0.2) is 18.2 Å². The highest BCUT2D eigenvalue weighted by Crippen LogP contribution is 2.28. The van der Waals surface area contributed by atoms with E-state index in [0.29, 0.717) is 57.3 Å². The number of cyclic esters (lactones) is 1. The lowest BCUT2D eigenvalue weighted by molar-refractivity contribution is 0.105. The van der Waals surface area contributed by atoms with Crippen molar-refractivity contribution in [1.82, 2.24) is 10.2 Å². The molecule has 10 heteroatoms. The number of thiocarbonyl (C=S) groups is 1. The van der Waals surface area contributed by atoms with Gasteiger partial charge in [0.25, 0.3) is 0 Å². The summed E-state index contributed by atoms with van der Waals surface area (Å²) in [6.07, 6.45) is -0.263. The predicted octanol–water partition coefficient (Wildman–Crippen LogP) is 3.39. The number of carbonyl (C=O) groups excluding carboxylic acids is 2. The van der Waals surface area contributed by atoms with Gasteiger partial charge in [-0.1, -0.05) is 26.1 Å². The second-order valence-corrected chi connectivity index (χ2v) is 8.42. The largest absolute Gasteiger partial charge is 0.450 e. The minimum Gasteiger partial charge on any atom is -0.450 e. The van der Waals surface area contributed by atoms with Gasteiger partial charge in [0.2, 0.25) is 0 Å². The number of hydrogen-bond donors (Lipinski definition) is 1. The van der Waals surface area contributed by atoms with Crippen molar-refractivity contribution < 1.29 is 23.5 Å². The van der Waals surface area contributed by atoms with Gasteiger partial charge in [-0.05, 0) is 31.5 Å². The number of carbonyl (C=O) groups is 2. The average Bonchev–Trinajstić information content (AvgIpc) is 3.17. The van der Waals surface area contributed by atoms with E-state index in [4.69, 9.17) is 21.7 Å². The third-order valence-electron chi connectivity index (χ3n) is 5.83. The molecule has 2 saturated heterocycles. The summed E-state index contributed by atoms with van der Waals surface area (Å²) in [5.74, 6) is -0.154. The molecule has 2 aliphatic rings. The van der Waals surface area contributed by atoms with Crippen LogP contribution in [0, 0.1) is 11.7 Å². The van der Waals surface area contributed by atoms with E-state index >= 15 is 0 Å². The Labute approximate surface area is 193 Å². The van der Waals surface area contributed by atoms with Crippen LogP contribution < -0.4 is 15.1 Å². The van der Waals surface area contributed by atoms with Gasteiger partial charge in [0.05, 0.1) is 36.1 Å². The minimum atomic E-state index is -0.499. The first-order valence-corrected chi connectivity index (χ1v) is 11.5. The maximum Gasteiger partial charge on any atom is 0.414 e. The number of nitrogens with one attached hydrogen (secondary N) is 1. The Bertz CT molecular complexity index is 847. The van der Waals surface area contributed by atoms with E-state index in [-0.39, 0.29) is 18.1 Å². The van der Waals surface area contributed by atoms with Crippen molar-refractivity contribution >= 4 is 40.8 Å². The lowest BCUT2D eigenvalue weighted by Gasteiger charge is -2.35. The van der Waals surface area contributed by atoms with Crippen LogP contribution in [-0.2, 0) is 9.47 Å². The molecule has 3 rings (SSSR count). The van der Waals surface area contributed by atoms with Gasteiger partial charge < -0.3 is 24.6 Å². The minimum absolute atomic E-state index is 0.263. The summed E-state index contributed by atoms with van der Waals surface area (Å²) in [4.78, 5) is 29.9. The lowest BCUT2D eigenvalue weighted by atomic mass is 10.1. The van der Waals surface area contributed by atoms with Crippen LogP contribution in [0.4, 0.5) is 25.4 Å². The first-order chi connectivity index (χ1) is 15.3. The van der Waals surface area contributed by atoms with Crippen molar-refractivity contribution in [3.8, 4) is 0 Å². The van der Waals surface area contributed by atoms with Gasteiger partial charge in [0.1, 0.15) is 11.9 Å². The van der Waals surface area contributed by atoms with Crippen LogP contribution in [0.5, 0.6) is 0 Å². The van der Waals surface area contributed by atoms with E-state index < -0.39 is 11.9 Å². The highest BCUT2D eigenvalue weighted by atomic mass is 32.1. The molecule has 0 aromatic heterocycles. The molecule has 2 aliphatic heterocycles. The molecule has 176 valence electrons. The molecule has 0 saturated carbocycles. The number of piperazine rings is 1. The molecule has 2 fully saturated rings. The standard InChI is InChI=1S/C22H31FN4O4S/c1-4-15(3)20(32)24-13-17-14-27(22(29)31-17)16-6-7-19(18(23)12-16)25-8-10-26(11-9-25)21(28)30-5-2/h6-7,12,15,17H,4-5,8-11,13-14H2,1-3H3,(H,24,32)/t15?,17-/m0/s1. The van der Waals surface area contributed by atoms with E-state index in [0.717, 1.165) is 11.4 Å². The molecular formula is C22H31FN4O4S. The van der Waals surface area contributed by atoms with E-state index in [1.807, 2.05) is 11.8 Å². The van der Waals surface area contributed by atoms with Crippen LogP contribution in [0.1, 0.15) is 27.2 Å². The maximum atomic E-state index is 14.9. The second kappa shape index (κ2) is 10.8. The number of amides is 2. The van der Waals surface area contributed by atoms with Crippen LogP contribution in [-0.4, -0.2) is 74.1 Å². The van der Waals surface area contributed by atoms with Gasteiger partial charge in [0, 0.05) is 32.1 Å². The number of hydrogen-bond acceptors (Lipinski definition) is 6. The lowest BCUT2D eigenvalue weighted by Crippen LogP contribution is -2.49. The van der Waals surface area contributed by atoms with E-state index in [2.05, 4.69) is 12.2 Å². The summed E-state index contributed by atoms with van der Waals surface area (Å²) in [7, 11) is 0. The summed E-state index contributed by atoms with van der Waals surface area (Å²) in [6, 6.07) is 4.74. The van der Waals surface area contributed by atoms with Crippen LogP contribution in [0.2, 0.25) is 0 Å². The number of halogens is 1. The van der Waals surface area contributed by atoms with Crippen LogP contribution in [0.25, 0.3) is 0 Å². The Morgan fingerprint density at radius 3 is 2.66 bits per heavy atom. The van der Waals surface area contributed by atoms with E-state index in [1.54, 1.807) is 24.0 Å². The molecule has 1 aromatic carbocycles. The Morgan fingerprint density at radius 2 is 2.03 bits per heavy atom. The van der Waals surface area contributed by atoms with Crippen LogP contribution >= 0.6 is 12.2 Å².